The van der Waals surface area contributed by atoms with Gasteiger partial charge in [-0.2, -0.15) is 0 Å². The fourth-order valence-corrected chi connectivity index (χ4v) is 5.59. The minimum atomic E-state index is -4.72. The Morgan fingerprint density at radius 3 is 2.55 bits per heavy atom. The number of nitrogens with two attached hydrogens (primary N) is 1. The molecule has 0 amide bonds. The molecule has 3 rings (SSSR count). The van der Waals surface area contributed by atoms with Crippen molar-refractivity contribution in [2.24, 2.45) is 5.73 Å². The summed E-state index contributed by atoms with van der Waals surface area (Å²) >= 11 is 7.98. The molecule has 1 atom stereocenters. The van der Waals surface area contributed by atoms with Gasteiger partial charge in [0.15, 0.2) is 0 Å². The lowest BCUT2D eigenvalue weighted by Gasteiger charge is -2.25. The zero-order valence-corrected chi connectivity index (χ0v) is 20.6. The van der Waals surface area contributed by atoms with E-state index in [2.05, 4.69) is 0 Å². The van der Waals surface area contributed by atoms with Crippen molar-refractivity contribution in [2.75, 3.05) is 6.61 Å². The Morgan fingerprint density at radius 2 is 1.94 bits per heavy atom. The van der Waals surface area contributed by atoms with Crippen molar-refractivity contribution in [3.63, 3.8) is 0 Å². The summed E-state index contributed by atoms with van der Waals surface area (Å²) in [6.07, 6.45) is 2.25. The Kier molecular flexibility index (Phi) is 8.54. The molecule has 0 aliphatic carbocycles. The summed E-state index contributed by atoms with van der Waals surface area (Å²) in [7, 11) is -4.72. The van der Waals surface area contributed by atoms with Gasteiger partial charge in [0.1, 0.15) is 12.4 Å². The molecule has 0 aliphatic rings. The van der Waals surface area contributed by atoms with Crippen LogP contribution in [0.25, 0.3) is 15.8 Å². The molecule has 0 aliphatic heterocycles. The van der Waals surface area contributed by atoms with Crippen molar-refractivity contribution in [2.45, 2.75) is 31.9 Å². The fourth-order valence-electron chi connectivity index (χ4n) is 3.47. The smallest absolute Gasteiger partial charge is 0.356 e. The van der Waals surface area contributed by atoms with Gasteiger partial charge in [-0.15, -0.1) is 11.3 Å². The summed E-state index contributed by atoms with van der Waals surface area (Å²) < 4.78 is 18.3. The highest BCUT2D eigenvalue weighted by Gasteiger charge is 2.30. The van der Waals surface area contributed by atoms with Crippen molar-refractivity contribution in [1.82, 2.24) is 0 Å². The molecule has 3 aromatic rings. The topological polar surface area (TPSA) is 113 Å². The highest BCUT2D eigenvalue weighted by atomic mass is 35.5. The lowest BCUT2D eigenvalue weighted by molar-refractivity contribution is 0.219. The Labute approximate surface area is 202 Å². The largest absolute Gasteiger partial charge is 0.487 e. The highest BCUT2D eigenvalue weighted by Crippen LogP contribution is 2.54. The number of ether oxygens (including phenoxy) is 1. The number of benzene rings is 2. The number of thiophene rings is 1. The Bertz CT molecular complexity index is 1160. The summed E-state index contributed by atoms with van der Waals surface area (Å²) in [6.45, 7) is 1.85. The second kappa shape index (κ2) is 11.0. The number of hydrogen-bond donors (Lipinski definition) is 4. The van der Waals surface area contributed by atoms with Crippen LogP contribution in [0.15, 0.2) is 66.1 Å². The van der Waals surface area contributed by atoms with E-state index in [-0.39, 0.29) is 15.9 Å². The normalized spacial score (nSPS) is 14.2. The van der Waals surface area contributed by atoms with E-state index in [9.17, 15) is 19.5 Å². The molecule has 0 spiro atoms. The number of hydrogen-bond acceptors (Lipinski definition) is 5. The van der Waals surface area contributed by atoms with E-state index in [1.54, 1.807) is 18.2 Å². The minimum Gasteiger partial charge on any atom is -0.487 e. The van der Waals surface area contributed by atoms with Crippen LogP contribution in [-0.2, 0) is 11.2 Å². The summed E-state index contributed by atoms with van der Waals surface area (Å²) in [5.41, 5.74) is 6.89. The van der Waals surface area contributed by atoms with Crippen LogP contribution in [0.3, 0.4) is 0 Å². The van der Waals surface area contributed by atoms with Gasteiger partial charge in [0.05, 0.1) is 22.3 Å². The van der Waals surface area contributed by atoms with Gasteiger partial charge in [0.25, 0.3) is 0 Å². The second-order valence-corrected chi connectivity index (χ2v) is 10.7. The predicted molar refractivity (Wildman–Crippen MR) is 134 cm³/mol. The maximum absolute atomic E-state index is 12.3. The molecule has 176 valence electrons. The first-order valence-electron chi connectivity index (χ1n) is 10.4. The number of aliphatic hydroxyl groups is 1. The monoisotopic (exact) mass is 507 g/mol. The van der Waals surface area contributed by atoms with Crippen LogP contribution in [0, 0.1) is 0 Å². The van der Waals surface area contributed by atoms with Gasteiger partial charge in [-0.3, -0.25) is 4.57 Å². The van der Waals surface area contributed by atoms with Gasteiger partial charge in [-0.1, -0.05) is 67.4 Å². The zero-order chi connectivity index (χ0) is 24.1. The molecule has 0 saturated carbocycles. The molecule has 5 N–H and O–H groups in total. The highest BCUT2D eigenvalue weighted by molar-refractivity contribution is 7.63. The van der Waals surface area contributed by atoms with Crippen molar-refractivity contribution in [1.29, 1.82) is 0 Å². The van der Waals surface area contributed by atoms with E-state index in [0.29, 0.717) is 25.2 Å². The fraction of sp³-hybridized carbons (Fsp3) is 0.250. The van der Waals surface area contributed by atoms with Crippen molar-refractivity contribution < 1.29 is 24.2 Å². The summed E-state index contributed by atoms with van der Waals surface area (Å²) in [4.78, 5) is 20.8. The quantitative estimate of drug-likeness (QED) is 0.263. The summed E-state index contributed by atoms with van der Waals surface area (Å²) in [5.74, 6) is 0.697. The van der Waals surface area contributed by atoms with Gasteiger partial charge in [-0.25, -0.2) is 0 Å². The molecule has 33 heavy (non-hydrogen) atoms. The number of halogens is 1. The van der Waals surface area contributed by atoms with Crippen molar-refractivity contribution in [3.8, 4) is 16.2 Å². The molecule has 0 radical (unpaired) electrons. The van der Waals surface area contributed by atoms with Crippen LogP contribution in [0.2, 0.25) is 5.02 Å². The van der Waals surface area contributed by atoms with Crippen molar-refractivity contribution in [3.05, 3.63) is 82.2 Å². The molecule has 1 unspecified atom stereocenters. The standard InChI is InChI=1S/C24H27ClNO5PS/c1-2-11-24(26,16-27)14-22(32(28,29)30)19-9-8-18(13-20(19)25)23-21(10-12-33-23)31-15-17-6-4-3-5-7-17/h3-10,12-14,27H,2,11,15-16,26H2,1H3,(H2,28,29,30). The van der Waals surface area contributed by atoms with Crippen LogP contribution in [0.4, 0.5) is 0 Å². The molecular weight excluding hydrogens is 481 g/mol. The second-order valence-electron chi connectivity index (χ2n) is 7.80. The maximum atomic E-state index is 12.3. The Hall–Kier alpha value is -1.96. The molecule has 6 nitrogen and oxygen atoms in total. The zero-order valence-electron chi connectivity index (χ0n) is 18.1. The van der Waals surface area contributed by atoms with E-state index in [1.165, 1.54) is 17.4 Å². The van der Waals surface area contributed by atoms with E-state index < -0.39 is 19.7 Å². The third-order valence-electron chi connectivity index (χ3n) is 5.12. The molecule has 2 aromatic carbocycles. The van der Waals surface area contributed by atoms with Crippen LogP contribution < -0.4 is 10.5 Å². The average molecular weight is 508 g/mol. The van der Waals surface area contributed by atoms with Gasteiger partial charge >= 0.3 is 7.60 Å². The van der Waals surface area contributed by atoms with E-state index in [4.69, 9.17) is 22.1 Å². The molecule has 0 bridgehead atoms. The first kappa shape index (κ1) is 25.7. The van der Waals surface area contributed by atoms with Gasteiger partial charge in [0.2, 0.25) is 0 Å². The molecule has 1 aromatic heterocycles. The van der Waals surface area contributed by atoms with Crippen molar-refractivity contribution >= 4 is 35.8 Å². The lowest BCUT2D eigenvalue weighted by atomic mass is 9.94. The predicted octanol–water partition coefficient (Wildman–Crippen LogP) is 5.66. The Morgan fingerprint density at radius 1 is 1.21 bits per heavy atom. The third-order valence-corrected chi connectivity index (χ3v) is 7.38. The molecule has 1 heterocycles. The minimum absolute atomic E-state index is 0.168. The summed E-state index contributed by atoms with van der Waals surface area (Å²) in [6, 6.07) is 16.6. The third kappa shape index (κ3) is 6.55. The van der Waals surface area contributed by atoms with Crippen LogP contribution >= 0.6 is 30.5 Å². The lowest BCUT2D eigenvalue weighted by Crippen LogP contribution is -2.41. The van der Waals surface area contributed by atoms with E-state index in [0.717, 1.165) is 16.0 Å². The number of aliphatic hydroxyl groups excluding tert-OH is 1. The van der Waals surface area contributed by atoms with Gasteiger partial charge < -0.3 is 25.4 Å². The van der Waals surface area contributed by atoms with Gasteiger partial charge in [-0.05, 0) is 41.1 Å². The molecule has 0 fully saturated rings. The average Bonchev–Trinajstić information content (AvgIpc) is 3.25. The van der Waals surface area contributed by atoms with Crippen LogP contribution in [-0.4, -0.2) is 27.0 Å². The number of rotatable bonds is 10. The first-order chi connectivity index (χ1) is 15.7. The molecule has 9 heteroatoms. The Balaban J connectivity index is 1.94. The molecular formula is C24H27ClNO5PS. The SMILES string of the molecule is CCCC(N)(C=C(c1ccc(-c2sccc2OCc2ccccc2)cc1Cl)P(=O)(O)O)CO. The first-order valence-corrected chi connectivity index (χ1v) is 13.3. The maximum Gasteiger partial charge on any atom is 0.356 e. The van der Waals surface area contributed by atoms with E-state index >= 15 is 0 Å². The van der Waals surface area contributed by atoms with Gasteiger partial charge in [0, 0.05) is 10.6 Å². The molecule has 0 saturated heterocycles. The van der Waals surface area contributed by atoms with Crippen LogP contribution in [0.5, 0.6) is 5.75 Å². The summed E-state index contributed by atoms with van der Waals surface area (Å²) in [5, 5.41) is 11.5. The van der Waals surface area contributed by atoms with Crippen LogP contribution in [0.1, 0.15) is 30.9 Å². The van der Waals surface area contributed by atoms with E-state index in [1.807, 2.05) is 48.7 Å².